The number of rotatable bonds is 43. The van der Waals surface area contributed by atoms with Crippen LogP contribution in [-0.4, -0.2) is 170 Å². The molecule has 0 radical (unpaired) electrons. The SMILES string of the molecule is CCCCCCCCCOCCOCCOCCOCCOCCOCCOCCOCCOCCOCCOCCOCCO. The summed E-state index contributed by atoms with van der Waals surface area (Å²) in [5, 5.41) is 8.58. The van der Waals surface area contributed by atoms with E-state index in [0.717, 1.165) is 13.0 Å². The van der Waals surface area contributed by atoms with Crippen molar-refractivity contribution in [2.75, 3.05) is 165 Å². The molecule has 1 N–H and O–H groups in total. The zero-order chi connectivity index (χ0) is 33.1. The van der Waals surface area contributed by atoms with E-state index in [9.17, 15) is 0 Å². The van der Waals surface area contributed by atoms with Crippen LogP contribution in [-0.2, 0) is 56.8 Å². The predicted octanol–water partition coefficient (Wildman–Crippen LogP) is 2.93. The second-order valence-corrected chi connectivity index (χ2v) is 10.2. The second kappa shape index (κ2) is 44.5. The van der Waals surface area contributed by atoms with Gasteiger partial charge in [0, 0.05) is 6.61 Å². The summed E-state index contributed by atoms with van der Waals surface area (Å²) >= 11 is 0. The molecule has 0 amide bonds. The molecule has 13 heteroatoms. The van der Waals surface area contributed by atoms with Crippen LogP contribution in [0.25, 0.3) is 0 Å². The first-order valence-corrected chi connectivity index (χ1v) is 17.5. The fourth-order valence-corrected chi connectivity index (χ4v) is 3.75. The molecular weight excluding hydrogens is 604 g/mol. The number of hydrogen-bond donors (Lipinski definition) is 1. The maximum atomic E-state index is 8.58. The molecule has 13 nitrogen and oxygen atoms in total. The van der Waals surface area contributed by atoms with E-state index in [1.165, 1.54) is 38.5 Å². The van der Waals surface area contributed by atoms with Crippen molar-refractivity contribution >= 4 is 0 Å². The Morgan fingerprint density at radius 1 is 0.239 bits per heavy atom. The Balaban J connectivity index is 3.03. The molecule has 0 aliphatic carbocycles. The van der Waals surface area contributed by atoms with Crippen molar-refractivity contribution < 1.29 is 61.9 Å². The normalized spacial score (nSPS) is 11.6. The van der Waals surface area contributed by atoms with Crippen LogP contribution in [0.15, 0.2) is 0 Å². The molecular formula is C33H68O13. The lowest BCUT2D eigenvalue weighted by Gasteiger charge is -2.09. The molecule has 0 aromatic heterocycles. The van der Waals surface area contributed by atoms with E-state index in [1.54, 1.807) is 0 Å². The number of aliphatic hydroxyl groups excluding tert-OH is 1. The number of aliphatic hydroxyl groups is 1. The number of hydrogen-bond acceptors (Lipinski definition) is 13. The van der Waals surface area contributed by atoms with Crippen LogP contribution < -0.4 is 0 Å². The predicted molar refractivity (Wildman–Crippen MR) is 175 cm³/mol. The van der Waals surface area contributed by atoms with Gasteiger partial charge < -0.3 is 61.9 Å². The fourth-order valence-electron chi connectivity index (χ4n) is 3.75. The number of ether oxygens (including phenoxy) is 12. The van der Waals surface area contributed by atoms with Gasteiger partial charge in [0.2, 0.25) is 0 Å². The van der Waals surface area contributed by atoms with Crippen LogP contribution in [0.4, 0.5) is 0 Å². The summed E-state index contributed by atoms with van der Waals surface area (Å²) in [5.41, 5.74) is 0. The van der Waals surface area contributed by atoms with Crippen LogP contribution in [0.3, 0.4) is 0 Å². The van der Waals surface area contributed by atoms with Gasteiger partial charge in [-0.05, 0) is 6.42 Å². The van der Waals surface area contributed by atoms with Crippen molar-refractivity contribution in [1.29, 1.82) is 0 Å². The van der Waals surface area contributed by atoms with Gasteiger partial charge in [-0.25, -0.2) is 0 Å². The first kappa shape index (κ1) is 45.5. The molecule has 0 rings (SSSR count). The van der Waals surface area contributed by atoms with Gasteiger partial charge in [0.15, 0.2) is 0 Å². The van der Waals surface area contributed by atoms with Gasteiger partial charge in [0.25, 0.3) is 0 Å². The minimum Gasteiger partial charge on any atom is -0.394 e. The molecule has 0 aromatic rings. The third-order valence-electron chi connectivity index (χ3n) is 6.22. The van der Waals surface area contributed by atoms with E-state index in [2.05, 4.69) is 6.92 Å². The summed E-state index contributed by atoms with van der Waals surface area (Å²) in [6.07, 6.45) is 9.09. The molecule has 0 unspecified atom stereocenters. The molecule has 0 fully saturated rings. The molecule has 0 aromatic carbocycles. The monoisotopic (exact) mass is 672 g/mol. The molecule has 278 valence electrons. The highest BCUT2D eigenvalue weighted by Gasteiger charge is 1.97. The average Bonchev–Trinajstić information content (AvgIpc) is 3.07. The highest BCUT2D eigenvalue weighted by atomic mass is 16.6. The fraction of sp³-hybridized carbons (Fsp3) is 1.00. The molecule has 0 aliphatic heterocycles. The number of unbranched alkanes of at least 4 members (excludes halogenated alkanes) is 6. The Kier molecular flexibility index (Phi) is 44.0. The van der Waals surface area contributed by atoms with E-state index in [4.69, 9.17) is 61.9 Å². The van der Waals surface area contributed by atoms with Crippen molar-refractivity contribution in [1.82, 2.24) is 0 Å². The first-order valence-electron chi connectivity index (χ1n) is 17.5. The molecule has 0 bridgehead atoms. The maximum Gasteiger partial charge on any atom is 0.0701 e. The maximum absolute atomic E-state index is 8.58. The zero-order valence-electron chi connectivity index (χ0n) is 29.0. The standard InChI is InChI=1S/C33H68O13/c1-2-3-4-5-6-7-8-10-35-12-14-37-16-18-39-20-22-41-24-26-43-28-30-45-32-33-46-31-29-44-27-25-42-23-21-40-19-17-38-15-13-36-11-9-34/h34H,2-33H2,1H3. The van der Waals surface area contributed by atoms with Gasteiger partial charge in [-0.1, -0.05) is 45.4 Å². The largest absolute Gasteiger partial charge is 0.394 e. The molecule has 0 heterocycles. The van der Waals surface area contributed by atoms with E-state index >= 15 is 0 Å². The topological polar surface area (TPSA) is 131 Å². The molecule has 0 atom stereocenters. The van der Waals surface area contributed by atoms with Crippen LogP contribution in [0, 0.1) is 0 Å². The van der Waals surface area contributed by atoms with Gasteiger partial charge >= 0.3 is 0 Å². The Labute approximate surface area is 279 Å². The van der Waals surface area contributed by atoms with Crippen LogP contribution >= 0.6 is 0 Å². The minimum atomic E-state index is 0.0270. The van der Waals surface area contributed by atoms with E-state index in [1.807, 2.05) is 0 Å². The minimum absolute atomic E-state index is 0.0270. The van der Waals surface area contributed by atoms with Crippen LogP contribution in [0.1, 0.15) is 51.9 Å². The van der Waals surface area contributed by atoms with Crippen molar-refractivity contribution in [3.8, 4) is 0 Å². The summed E-state index contributed by atoms with van der Waals surface area (Å²) in [5.74, 6) is 0. The van der Waals surface area contributed by atoms with E-state index < -0.39 is 0 Å². The Morgan fingerprint density at radius 3 is 0.674 bits per heavy atom. The van der Waals surface area contributed by atoms with E-state index in [-0.39, 0.29) is 6.61 Å². The van der Waals surface area contributed by atoms with Gasteiger partial charge in [-0.2, -0.15) is 0 Å². The highest BCUT2D eigenvalue weighted by molar-refractivity contribution is 4.45. The second-order valence-electron chi connectivity index (χ2n) is 10.2. The third-order valence-corrected chi connectivity index (χ3v) is 6.22. The summed E-state index contributed by atoms with van der Waals surface area (Å²) in [7, 11) is 0. The zero-order valence-corrected chi connectivity index (χ0v) is 29.0. The molecule has 46 heavy (non-hydrogen) atoms. The summed E-state index contributed by atoms with van der Waals surface area (Å²) < 4.78 is 65.3. The van der Waals surface area contributed by atoms with Gasteiger partial charge in [0.05, 0.1) is 159 Å². The molecule has 0 saturated carbocycles. The first-order chi connectivity index (χ1) is 22.9. The third kappa shape index (κ3) is 43.5. The lowest BCUT2D eigenvalue weighted by atomic mass is 10.1. The summed E-state index contributed by atoms with van der Waals surface area (Å²) in [6, 6.07) is 0. The Morgan fingerprint density at radius 2 is 0.435 bits per heavy atom. The lowest BCUT2D eigenvalue weighted by Crippen LogP contribution is -2.15. The molecule has 0 spiro atoms. The average molecular weight is 673 g/mol. The van der Waals surface area contributed by atoms with Crippen molar-refractivity contribution in [3.05, 3.63) is 0 Å². The molecule has 0 saturated heterocycles. The lowest BCUT2D eigenvalue weighted by molar-refractivity contribution is -0.0286. The highest BCUT2D eigenvalue weighted by Crippen LogP contribution is 2.06. The van der Waals surface area contributed by atoms with Crippen molar-refractivity contribution in [3.63, 3.8) is 0 Å². The summed E-state index contributed by atoms with van der Waals surface area (Å²) in [6.45, 7) is 15.0. The summed E-state index contributed by atoms with van der Waals surface area (Å²) in [4.78, 5) is 0. The van der Waals surface area contributed by atoms with Crippen LogP contribution in [0.2, 0.25) is 0 Å². The Hall–Kier alpha value is -0.520. The van der Waals surface area contributed by atoms with Gasteiger partial charge in [-0.3, -0.25) is 0 Å². The van der Waals surface area contributed by atoms with Crippen LogP contribution in [0.5, 0.6) is 0 Å². The van der Waals surface area contributed by atoms with Gasteiger partial charge in [0.1, 0.15) is 0 Å². The van der Waals surface area contributed by atoms with Crippen molar-refractivity contribution in [2.45, 2.75) is 51.9 Å². The Bertz CT molecular complexity index is 476. The van der Waals surface area contributed by atoms with Gasteiger partial charge in [-0.15, -0.1) is 0 Å². The smallest absolute Gasteiger partial charge is 0.0701 e. The quantitative estimate of drug-likeness (QED) is 0.0954. The molecule has 0 aliphatic rings. The van der Waals surface area contributed by atoms with E-state index in [0.29, 0.717) is 152 Å². The van der Waals surface area contributed by atoms with Crippen molar-refractivity contribution in [2.24, 2.45) is 0 Å².